The van der Waals surface area contributed by atoms with E-state index in [9.17, 15) is 18.0 Å². The Balaban J connectivity index is 2.39. The van der Waals surface area contributed by atoms with E-state index < -0.39 is 11.7 Å². The Kier molecular flexibility index (Phi) is 3.32. The van der Waals surface area contributed by atoms with Crippen molar-refractivity contribution in [3.05, 3.63) is 51.0 Å². The molecule has 0 bridgehead atoms. The minimum atomic E-state index is -4.57. The first-order valence-electron chi connectivity index (χ1n) is 6.06. The van der Waals surface area contributed by atoms with Gasteiger partial charge in [0.05, 0.1) is 10.7 Å². The van der Waals surface area contributed by atoms with Gasteiger partial charge in [0.15, 0.2) is 5.82 Å². The van der Waals surface area contributed by atoms with Crippen LogP contribution in [0.1, 0.15) is 5.56 Å². The van der Waals surface area contributed by atoms with Crippen LogP contribution >= 0.6 is 15.9 Å². The van der Waals surface area contributed by atoms with E-state index in [4.69, 9.17) is 0 Å². The van der Waals surface area contributed by atoms with E-state index in [2.05, 4.69) is 26.0 Å². The lowest BCUT2D eigenvalue weighted by molar-refractivity contribution is -0.137. The van der Waals surface area contributed by atoms with Crippen LogP contribution in [0.3, 0.4) is 0 Å². The molecule has 3 aromatic heterocycles. The molecule has 5 nitrogen and oxygen atoms in total. The highest BCUT2D eigenvalue weighted by atomic mass is 79.9. The van der Waals surface area contributed by atoms with Crippen LogP contribution in [0.4, 0.5) is 13.2 Å². The van der Waals surface area contributed by atoms with Crippen LogP contribution in [0.5, 0.6) is 0 Å². The molecular weight excluding hydrogens is 365 g/mol. The summed E-state index contributed by atoms with van der Waals surface area (Å²) in [6, 6.07) is 3.64. The lowest BCUT2D eigenvalue weighted by Gasteiger charge is -2.13. The molecule has 22 heavy (non-hydrogen) atoms. The van der Waals surface area contributed by atoms with Crippen molar-refractivity contribution >= 4 is 27.0 Å². The largest absolute Gasteiger partial charge is 0.420 e. The molecular formula is C13H8BrF3N4O. The van der Waals surface area contributed by atoms with Crippen molar-refractivity contribution in [1.29, 1.82) is 0 Å². The van der Waals surface area contributed by atoms with E-state index in [-0.39, 0.29) is 17.0 Å². The molecule has 0 amide bonds. The fourth-order valence-electron chi connectivity index (χ4n) is 2.19. The van der Waals surface area contributed by atoms with Gasteiger partial charge >= 0.3 is 6.18 Å². The first kappa shape index (κ1) is 14.8. The van der Waals surface area contributed by atoms with Gasteiger partial charge in [0.1, 0.15) is 11.2 Å². The van der Waals surface area contributed by atoms with Crippen LogP contribution < -0.4 is 5.56 Å². The van der Waals surface area contributed by atoms with Gasteiger partial charge in [-0.05, 0) is 34.1 Å². The van der Waals surface area contributed by atoms with E-state index in [0.29, 0.717) is 9.86 Å². The van der Waals surface area contributed by atoms with Crippen LogP contribution in [-0.4, -0.2) is 19.3 Å². The van der Waals surface area contributed by atoms with Gasteiger partial charge in [0, 0.05) is 18.6 Å². The predicted molar refractivity (Wildman–Crippen MR) is 76.8 cm³/mol. The number of aryl methyl sites for hydroxylation is 1. The molecule has 0 aliphatic carbocycles. The molecule has 0 radical (unpaired) electrons. The summed E-state index contributed by atoms with van der Waals surface area (Å²) < 4.78 is 41.9. The zero-order valence-corrected chi connectivity index (χ0v) is 12.7. The third-order valence-electron chi connectivity index (χ3n) is 3.17. The number of fused-ring (bicyclic) bond motifs is 1. The van der Waals surface area contributed by atoms with E-state index in [1.807, 2.05) is 0 Å². The average Bonchev–Trinajstić information content (AvgIpc) is 2.87. The lowest BCUT2D eigenvalue weighted by atomic mass is 10.2. The zero-order chi connectivity index (χ0) is 16.1. The van der Waals surface area contributed by atoms with Gasteiger partial charge in [-0.3, -0.25) is 9.36 Å². The van der Waals surface area contributed by atoms with Crippen LogP contribution in [-0.2, 0) is 13.2 Å². The second-order valence-corrected chi connectivity index (χ2v) is 5.42. The Morgan fingerprint density at radius 3 is 2.73 bits per heavy atom. The third kappa shape index (κ3) is 2.21. The Labute approximate surface area is 130 Å². The highest BCUT2D eigenvalue weighted by Crippen LogP contribution is 2.33. The minimum absolute atomic E-state index is 0.234. The molecule has 3 rings (SSSR count). The molecule has 3 heterocycles. The predicted octanol–water partition coefficient (Wildman–Crippen LogP) is 2.90. The zero-order valence-electron chi connectivity index (χ0n) is 11.1. The van der Waals surface area contributed by atoms with Crippen molar-refractivity contribution in [2.24, 2.45) is 7.05 Å². The Morgan fingerprint density at radius 2 is 2.05 bits per heavy atom. The SMILES string of the molecule is Cn1c(=O)c(Br)cc2cnn(-c3ncccc3C(F)(F)F)c21. The van der Waals surface area contributed by atoms with Crippen molar-refractivity contribution in [2.45, 2.75) is 6.18 Å². The molecule has 0 spiro atoms. The first-order chi connectivity index (χ1) is 10.3. The number of hydrogen-bond donors (Lipinski definition) is 0. The van der Waals surface area contributed by atoms with Crippen molar-refractivity contribution in [2.75, 3.05) is 0 Å². The van der Waals surface area contributed by atoms with Crippen LogP contribution in [0, 0.1) is 0 Å². The smallest absolute Gasteiger partial charge is 0.295 e. The van der Waals surface area contributed by atoms with Crippen LogP contribution in [0.2, 0.25) is 0 Å². The lowest BCUT2D eigenvalue weighted by Crippen LogP contribution is -2.20. The standard InChI is InChI=1S/C13H8BrF3N4O/c1-20-11-7(5-9(14)12(20)22)6-19-21(11)10-8(13(15,16)17)3-2-4-18-10/h2-6H,1H3. The minimum Gasteiger partial charge on any atom is -0.295 e. The summed E-state index contributed by atoms with van der Waals surface area (Å²) in [6.45, 7) is 0. The molecule has 0 atom stereocenters. The number of aromatic nitrogens is 4. The number of halogens is 4. The molecule has 0 unspecified atom stereocenters. The highest BCUT2D eigenvalue weighted by Gasteiger charge is 2.35. The molecule has 0 fully saturated rings. The first-order valence-corrected chi connectivity index (χ1v) is 6.86. The second-order valence-electron chi connectivity index (χ2n) is 4.56. The second kappa shape index (κ2) is 4.94. The van der Waals surface area contributed by atoms with Gasteiger partial charge in [0.25, 0.3) is 5.56 Å². The van der Waals surface area contributed by atoms with Crippen molar-refractivity contribution in [3.8, 4) is 5.82 Å². The van der Waals surface area contributed by atoms with Crippen molar-refractivity contribution in [3.63, 3.8) is 0 Å². The molecule has 0 N–H and O–H groups in total. The number of nitrogens with zero attached hydrogens (tertiary/aromatic N) is 4. The number of rotatable bonds is 1. The highest BCUT2D eigenvalue weighted by molar-refractivity contribution is 9.10. The number of alkyl halides is 3. The summed E-state index contributed by atoms with van der Waals surface area (Å²) in [7, 11) is 1.46. The van der Waals surface area contributed by atoms with E-state index >= 15 is 0 Å². The monoisotopic (exact) mass is 372 g/mol. The van der Waals surface area contributed by atoms with Gasteiger partial charge in [-0.25, -0.2) is 4.98 Å². The van der Waals surface area contributed by atoms with Gasteiger partial charge in [-0.2, -0.15) is 23.0 Å². The quantitative estimate of drug-likeness (QED) is 0.659. The maximum atomic E-state index is 13.1. The molecule has 3 aromatic rings. The van der Waals surface area contributed by atoms with E-state index in [0.717, 1.165) is 10.7 Å². The van der Waals surface area contributed by atoms with Crippen molar-refractivity contribution in [1.82, 2.24) is 19.3 Å². The summed E-state index contributed by atoms with van der Waals surface area (Å²) in [5.41, 5.74) is -1.06. The van der Waals surface area contributed by atoms with Gasteiger partial charge < -0.3 is 0 Å². The molecule has 0 aromatic carbocycles. The summed E-state index contributed by atoms with van der Waals surface area (Å²) in [5, 5.41) is 4.48. The summed E-state index contributed by atoms with van der Waals surface area (Å²) in [6.07, 6.45) is -1.94. The molecule has 0 saturated heterocycles. The number of pyridine rings is 2. The molecule has 114 valence electrons. The average molecular weight is 373 g/mol. The molecule has 0 saturated carbocycles. The maximum Gasteiger partial charge on any atom is 0.420 e. The Morgan fingerprint density at radius 1 is 1.32 bits per heavy atom. The Bertz CT molecular complexity index is 929. The normalized spacial score (nSPS) is 12.0. The third-order valence-corrected chi connectivity index (χ3v) is 3.74. The summed E-state index contributed by atoms with van der Waals surface area (Å²) in [5.74, 6) is -0.373. The van der Waals surface area contributed by atoms with Crippen LogP contribution in [0.15, 0.2) is 39.9 Å². The molecule has 0 aliphatic heterocycles. The Hall–Kier alpha value is -2.16. The van der Waals surface area contributed by atoms with Gasteiger partial charge in [-0.15, -0.1) is 0 Å². The van der Waals surface area contributed by atoms with Gasteiger partial charge in [0.2, 0.25) is 0 Å². The summed E-state index contributed by atoms with van der Waals surface area (Å²) >= 11 is 3.11. The topological polar surface area (TPSA) is 52.7 Å². The summed E-state index contributed by atoms with van der Waals surface area (Å²) in [4.78, 5) is 15.8. The number of hydrogen-bond acceptors (Lipinski definition) is 3. The van der Waals surface area contributed by atoms with Gasteiger partial charge in [-0.1, -0.05) is 0 Å². The van der Waals surface area contributed by atoms with Crippen molar-refractivity contribution < 1.29 is 13.2 Å². The fraction of sp³-hybridized carbons (Fsp3) is 0.154. The van der Waals surface area contributed by atoms with E-state index in [1.54, 1.807) is 0 Å². The molecule has 0 aliphatic rings. The van der Waals surface area contributed by atoms with E-state index in [1.165, 1.54) is 36.1 Å². The fourth-order valence-corrected chi connectivity index (χ4v) is 2.70. The molecule has 9 heteroatoms. The maximum absolute atomic E-state index is 13.1. The van der Waals surface area contributed by atoms with Crippen LogP contribution in [0.25, 0.3) is 16.9 Å².